The molecular weight excluding hydrogens is 212 g/mol. The number of aliphatic hydroxyl groups is 1. The molecule has 2 nitrogen and oxygen atoms in total. The zero-order valence-electron chi connectivity index (χ0n) is 10.6. The summed E-state index contributed by atoms with van der Waals surface area (Å²) in [4.78, 5) is 0. The second kappa shape index (κ2) is 6.06. The van der Waals surface area contributed by atoms with E-state index in [4.69, 9.17) is 4.74 Å². The van der Waals surface area contributed by atoms with Gasteiger partial charge in [0.2, 0.25) is 0 Å². The van der Waals surface area contributed by atoms with Gasteiger partial charge in [-0.05, 0) is 49.8 Å². The molecule has 17 heavy (non-hydrogen) atoms. The summed E-state index contributed by atoms with van der Waals surface area (Å²) in [5.41, 5.74) is 1.26. The predicted molar refractivity (Wildman–Crippen MR) is 69.3 cm³/mol. The Hall–Kier alpha value is -1.02. The molecule has 1 saturated carbocycles. The van der Waals surface area contributed by atoms with Gasteiger partial charge in [0.15, 0.2) is 0 Å². The van der Waals surface area contributed by atoms with Gasteiger partial charge in [-0.1, -0.05) is 25.5 Å². The second-order valence-corrected chi connectivity index (χ2v) is 4.95. The van der Waals surface area contributed by atoms with Crippen molar-refractivity contribution in [3.63, 3.8) is 0 Å². The van der Waals surface area contributed by atoms with Crippen LogP contribution in [0.1, 0.15) is 44.6 Å². The Kier molecular flexibility index (Phi) is 4.43. The molecule has 0 bridgehead atoms. The van der Waals surface area contributed by atoms with Gasteiger partial charge in [-0.15, -0.1) is 0 Å². The summed E-state index contributed by atoms with van der Waals surface area (Å²) < 4.78 is 5.76. The lowest BCUT2D eigenvalue weighted by atomic mass is 10.0. The van der Waals surface area contributed by atoms with E-state index in [0.29, 0.717) is 6.10 Å². The van der Waals surface area contributed by atoms with E-state index >= 15 is 0 Å². The van der Waals surface area contributed by atoms with Crippen LogP contribution in [0, 0.1) is 0 Å². The predicted octanol–water partition coefficient (Wildman–Crippen LogP) is 3.32. The van der Waals surface area contributed by atoms with Gasteiger partial charge in [0.25, 0.3) is 0 Å². The van der Waals surface area contributed by atoms with Crippen LogP contribution in [0.3, 0.4) is 0 Å². The van der Waals surface area contributed by atoms with Crippen molar-refractivity contribution >= 4 is 0 Å². The van der Waals surface area contributed by atoms with Crippen molar-refractivity contribution in [1.29, 1.82) is 0 Å². The minimum absolute atomic E-state index is 0.159. The molecule has 0 amide bonds. The third kappa shape index (κ3) is 4.39. The molecule has 2 rings (SSSR count). The normalized spacial score (nSPS) is 16.8. The van der Waals surface area contributed by atoms with Gasteiger partial charge in [0.1, 0.15) is 5.75 Å². The molecule has 0 spiro atoms. The highest BCUT2D eigenvalue weighted by Crippen LogP contribution is 2.27. The van der Waals surface area contributed by atoms with Crippen LogP contribution >= 0.6 is 0 Å². The first kappa shape index (κ1) is 12.4. The van der Waals surface area contributed by atoms with Crippen LogP contribution in [0.2, 0.25) is 0 Å². The maximum atomic E-state index is 9.70. The molecule has 2 heteroatoms. The van der Waals surface area contributed by atoms with E-state index in [1.54, 1.807) is 0 Å². The lowest BCUT2D eigenvalue weighted by Gasteiger charge is -2.10. The summed E-state index contributed by atoms with van der Waals surface area (Å²) in [5.74, 6) is 0.981. The van der Waals surface area contributed by atoms with Crippen molar-refractivity contribution in [3.05, 3.63) is 29.8 Å². The van der Waals surface area contributed by atoms with Crippen LogP contribution in [0.25, 0.3) is 0 Å². The van der Waals surface area contributed by atoms with Crippen LogP contribution in [0.5, 0.6) is 5.75 Å². The van der Waals surface area contributed by atoms with Crippen molar-refractivity contribution in [3.8, 4) is 5.75 Å². The van der Waals surface area contributed by atoms with Crippen molar-refractivity contribution in [2.75, 3.05) is 0 Å². The average molecular weight is 234 g/mol. The molecule has 1 aliphatic rings. The molecular formula is C15H22O2. The number of hydrogen-bond donors (Lipinski definition) is 1. The van der Waals surface area contributed by atoms with Gasteiger partial charge in [0.05, 0.1) is 12.2 Å². The molecule has 1 aromatic carbocycles. The molecule has 1 unspecified atom stereocenters. The van der Waals surface area contributed by atoms with E-state index < -0.39 is 0 Å². The van der Waals surface area contributed by atoms with Crippen LogP contribution in [0.4, 0.5) is 0 Å². The summed E-state index contributed by atoms with van der Waals surface area (Å²) in [6.45, 7) is 2.10. The highest BCUT2D eigenvalue weighted by Gasteiger charge is 2.23. The Morgan fingerprint density at radius 2 is 2.18 bits per heavy atom. The molecule has 0 aromatic heterocycles. The van der Waals surface area contributed by atoms with Gasteiger partial charge in [-0.25, -0.2) is 0 Å². The molecule has 0 saturated heterocycles. The SMILES string of the molecule is CCCC(O)CCc1cccc(OC2CC2)c1. The summed E-state index contributed by atoms with van der Waals surface area (Å²) in [6.07, 6.45) is 6.41. The standard InChI is InChI=1S/C15H22O2/c1-2-4-13(16)8-7-12-5-3-6-15(11-12)17-14-9-10-14/h3,5-6,11,13-14,16H,2,4,7-10H2,1H3. The second-order valence-electron chi connectivity index (χ2n) is 4.95. The van der Waals surface area contributed by atoms with Crippen LogP contribution in [-0.2, 0) is 6.42 Å². The maximum Gasteiger partial charge on any atom is 0.119 e. The molecule has 1 aliphatic carbocycles. The first-order chi connectivity index (χ1) is 8.28. The summed E-state index contributed by atoms with van der Waals surface area (Å²) in [5, 5.41) is 9.70. The van der Waals surface area contributed by atoms with E-state index in [2.05, 4.69) is 19.1 Å². The van der Waals surface area contributed by atoms with Gasteiger partial charge in [-0.3, -0.25) is 0 Å². The first-order valence-corrected chi connectivity index (χ1v) is 6.71. The summed E-state index contributed by atoms with van der Waals surface area (Å²) in [7, 11) is 0. The monoisotopic (exact) mass is 234 g/mol. The number of ether oxygens (including phenoxy) is 1. The van der Waals surface area contributed by atoms with Crippen LogP contribution in [0.15, 0.2) is 24.3 Å². The van der Waals surface area contributed by atoms with E-state index in [1.165, 1.54) is 18.4 Å². The Morgan fingerprint density at radius 1 is 1.35 bits per heavy atom. The molecule has 0 heterocycles. The van der Waals surface area contributed by atoms with Crippen LogP contribution < -0.4 is 4.74 Å². The molecule has 1 fully saturated rings. The summed E-state index contributed by atoms with van der Waals surface area (Å²) in [6, 6.07) is 8.28. The quantitative estimate of drug-likeness (QED) is 0.784. The minimum atomic E-state index is -0.159. The molecule has 1 atom stereocenters. The molecule has 1 aromatic rings. The smallest absolute Gasteiger partial charge is 0.119 e. The molecule has 0 radical (unpaired) electrons. The number of aryl methyl sites for hydroxylation is 1. The Labute approximate surface area is 104 Å². The molecule has 1 N–H and O–H groups in total. The largest absolute Gasteiger partial charge is 0.490 e. The van der Waals surface area contributed by atoms with E-state index in [1.807, 2.05) is 12.1 Å². The summed E-state index contributed by atoms with van der Waals surface area (Å²) >= 11 is 0. The fraction of sp³-hybridized carbons (Fsp3) is 0.600. The number of hydrogen-bond acceptors (Lipinski definition) is 2. The Balaban J connectivity index is 1.82. The van der Waals surface area contributed by atoms with Gasteiger partial charge in [0, 0.05) is 0 Å². The number of benzene rings is 1. The van der Waals surface area contributed by atoms with Crippen molar-refractivity contribution < 1.29 is 9.84 Å². The van der Waals surface area contributed by atoms with E-state index in [9.17, 15) is 5.11 Å². The van der Waals surface area contributed by atoms with Gasteiger partial charge < -0.3 is 9.84 Å². The van der Waals surface area contributed by atoms with E-state index in [-0.39, 0.29) is 6.10 Å². The van der Waals surface area contributed by atoms with Crippen LogP contribution in [-0.4, -0.2) is 17.3 Å². The maximum absolute atomic E-state index is 9.70. The number of aliphatic hydroxyl groups excluding tert-OH is 1. The minimum Gasteiger partial charge on any atom is -0.490 e. The van der Waals surface area contributed by atoms with Crippen molar-refractivity contribution in [2.24, 2.45) is 0 Å². The first-order valence-electron chi connectivity index (χ1n) is 6.71. The average Bonchev–Trinajstić information content (AvgIpc) is 3.11. The highest BCUT2D eigenvalue weighted by molar-refractivity contribution is 5.29. The number of rotatable bonds is 7. The van der Waals surface area contributed by atoms with Crippen molar-refractivity contribution in [2.45, 2.75) is 57.7 Å². The fourth-order valence-electron chi connectivity index (χ4n) is 1.96. The highest BCUT2D eigenvalue weighted by atomic mass is 16.5. The Bertz CT molecular complexity index is 345. The topological polar surface area (TPSA) is 29.5 Å². The Morgan fingerprint density at radius 3 is 2.88 bits per heavy atom. The lowest BCUT2D eigenvalue weighted by molar-refractivity contribution is 0.154. The zero-order chi connectivity index (χ0) is 12.1. The fourth-order valence-corrected chi connectivity index (χ4v) is 1.96. The van der Waals surface area contributed by atoms with Gasteiger partial charge in [-0.2, -0.15) is 0 Å². The molecule has 94 valence electrons. The third-order valence-corrected chi connectivity index (χ3v) is 3.11. The lowest BCUT2D eigenvalue weighted by Crippen LogP contribution is -2.07. The van der Waals surface area contributed by atoms with Crippen molar-refractivity contribution in [1.82, 2.24) is 0 Å². The van der Waals surface area contributed by atoms with E-state index in [0.717, 1.165) is 31.4 Å². The molecule has 0 aliphatic heterocycles. The van der Waals surface area contributed by atoms with Gasteiger partial charge >= 0.3 is 0 Å². The zero-order valence-corrected chi connectivity index (χ0v) is 10.6. The third-order valence-electron chi connectivity index (χ3n) is 3.11.